The van der Waals surface area contributed by atoms with Crippen LogP contribution in [-0.4, -0.2) is 24.4 Å². The van der Waals surface area contributed by atoms with E-state index in [1.807, 2.05) is 30.3 Å². The van der Waals surface area contributed by atoms with Crippen molar-refractivity contribution >= 4 is 41.5 Å². The highest BCUT2D eigenvalue weighted by Gasteiger charge is 2.31. The summed E-state index contributed by atoms with van der Waals surface area (Å²) in [5.41, 5.74) is 7.71. The topological polar surface area (TPSA) is 75.4 Å². The van der Waals surface area contributed by atoms with E-state index >= 15 is 0 Å². The Morgan fingerprint density at radius 3 is 2.54 bits per heavy atom. The van der Waals surface area contributed by atoms with Crippen LogP contribution in [0, 0.1) is 0 Å². The molecule has 0 saturated carbocycles. The Kier molecular flexibility index (Phi) is 7.03. The summed E-state index contributed by atoms with van der Waals surface area (Å²) in [5, 5.41) is 3.37. The maximum atomic E-state index is 12.8. The van der Waals surface area contributed by atoms with Crippen LogP contribution < -0.4 is 16.0 Å². The highest BCUT2D eigenvalue weighted by Crippen LogP contribution is 2.28. The lowest BCUT2D eigenvalue weighted by molar-refractivity contribution is -0.121. The Morgan fingerprint density at radius 2 is 1.88 bits per heavy atom. The fourth-order valence-electron chi connectivity index (χ4n) is 2.95. The maximum absolute atomic E-state index is 12.8. The molecule has 0 spiro atoms. The molecule has 3 N–H and O–H groups in total. The fourth-order valence-corrected chi connectivity index (χ4v) is 3.19. The van der Waals surface area contributed by atoms with Crippen LogP contribution in [0.25, 0.3) is 0 Å². The molecule has 1 aliphatic heterocycles. The predicted molar refractivity (Wildman–Crippen MR) is 106 cm³/mol. The van der Waals surface area contributed by atoms with Crippen molar-refractivity contribution in [3.8, 4) is 0 Å². The van der Waals surface area contributed by atoms with E-state index in [9.17, 15) is 9.59 Å². The molecule has 1 fully saturated rings. The zero-order chi connectivity index (χ0) is 17.8. The molecule has 1 atom stereocenters. The molecule has 0 bridgehead atoms. The van der Waals surface area contributed by atoms with E-state index in [1.165, 1.54) is 0 Å². The summed E-state index contributed by atoms with van der Waals surface area (Å²) in [5.74, 6) is -0.394. The molecule has 26 heavy (non-hydrogen) atoms. The van der Waals surface area contributed by atoms with E-state index in [2.05, 4.69) is 5.32 Å². The third-order valence-electron chi connectivity index (χ3n) is 4.34. The zero-order valence-electron chi connectivity index (χ0n) is 14.2. The van der Waals surface area contributed by atoms with Crippen molar-refractivity contribution in [2.75, 3.05) is 11.4 Å². The van der Waals surface area contributed by atoms with Gasteiger partial charge in [0.2, 0.25) is 5.91 Å². The van der Waals surface area contributed by atoms with Gasteiger partial charge in [-0.3, -0.25) is 9.59 Å². The summed E-state index contributed by atoms with van der Waals surface area (Å²) in [7, 11) is 0. The van der Waals surface area contributed by atoms with Gasteiger partial charge < -0.3 is 16.0 Å². The van der Waals surface area contributed by atoms with Gasteiger partial charge in [0, 0.05) is 18.7 Å². The first-order valence-electron chi connectivity index (χ1n) is 8.26. The van der Waals surface area contributed by atoms with Gasteiger partial charge in [0.1, 0.15) is 6.04 Å². The number of hydrogen-bond donors (Lipinski definition) is 2. The third-order valence-corrected chi connectivity index (χ3v) is 4.66. The van der Waals surface area contributed by atoms with Crippen LogP contribution in [0.2, 0.25) is 5.02 Å². The number of amides is 2. The lowest BCUT2D eigenvalue weighted by atomic mass is 10.0. The van der Waals surface area contributed by atoms with Gasteiger partial charge in [-0.1, -0.05) is 35.9 Å². The fraction of sp³-hybridized carbons (Fsp3) is 0.263. The number of hydrogen-bond acceptors (Lipinski definition) is 3. The number of nitrogens with zero attached hydrogens (tertiary/aromatic N) is 1. The van der Waals surface area contributed by atoms with Crippen LogP contribution in [0.4, 0.5) is 5.69 Å². The molecule has 3 rings (SSSR count). The number of carbonyl (C=O) groups is 2. The number of piperidine rings is 1. The van der Waals surface area contributed by atoms with E-state index in [4.69, 9.17) is 17.3 Å². The Hall–Kier alpha value is -2.08. The molecule has 0 radical (unpaired) electrons. The normalized spacial score (nSPS) is 16.8. The molecule has 7 heteroatoms. The summed E-state index contributed by atoms with van der Waals surface area (Å²) in [6.07, 6.45) is 1.42. The molecule has 138 valence electrons. The number of nitrogens with two attached hydrogens (primary N) is 1. The van der Waals surface area contributed by atoms with Crippen molar-refractivity contribution in [3.63, 3.8) is 0 Å². The van der Waals surface area contributed by atoms with Crippen molar-refractivity contribution in [2.24, 2.45) is 5.73 Å². The molecule has 0 aliphatic carbocycles. The first kappa shape index (κ1) is 20.2. The molecule has 2 aromatic carbocycles. The standard InChI is InChI=1S/C19H20ClN3O2.ClH/c20-15-4-1-2-6-17(15)23-11-3-5-16(19(23)25)22-18(24)14-9-7-13(12-21)8-10-14;/h1-2,4,6-10,16H,3,5,11-12,21H2,(H,22,24);1H. The van der Waals surface area contributed by atoms with E-state index in [0.29, 0.717) is 35.8 Å². The smallest absolute Gasteiger partial charge is 0.251 e. The Labute approximate surface area is 163 Å². The molecule has 2 amide bonds. The van der Waals surface area contributed by atoms with E-state index < -0.39 is 6.04 Å². The van der Waals surface area contributed by atoms with Crippen LogP contribution >= 0.6 is 24.0 Å². The monoisotopic (exact) mass is 393 g/mol. The van der Waals surface area contributed by atoms with Gasteiger partial charge in [0.25, 0.3) is 5.91 Å². The van der Waals surface area contributed by atoms with Crippen LogP contribution in [0.15, 0.2) is 48.5 Å². The Morgan fingerprint density at radius 1 is 1.19 bits per heavy atom. The second-order valence-corrected chi connectivity index (χ2v) is 6.42. The molecule has 1 unspecified atom stereocenters. The third kappa shape index (κ3) is 4.36. The predicted octanol–water partition coefficient (Wildman–Crippen LogP) is 3.15. The molecule has 1 saturated heterocycles. The first-order chi connectivity index (χ1) is 12.1. The van der Waals surface area contributed by atoms with Gasteiger partial charge in [-0.25, -0.2) is 0 Å². The average molecular weight is 394 g/mol. The molecular formula is C19H21Cl2N3O2. The summed E-state index contributed by atoms with van der Waals surface area (Å²) >= 11 is 6.21. The minimum atomic E-state index is -0.549. The van der Waals surface area contributed by atoms with Crippen molar-refractivity contribution in [1.82, 2.24) is 5.32 Å². The SMILES string of the molecule is Cl.NCc1ccc(C(=O)NC2CCCN(c3ccccc3Cl)C2=O)cc1. The van der Waals surface area contributed by atoms with E-state index in [0.717, 1.165) is 12.0 Å². The number of benzene rings is 2. The number of carbonyl (C=O) groups excluding carboxylic acids is 2. The van der Waals surface area contributed by atoms with Gasteiger partial charge in [0.15, 0.2) is 0 Å². The highest BCUT2D eigenvalue weighted by molar-refractivity contribution is 6.33. The van der Waals surface area contributed by atoms with Gasteiger partial charge in [0.05, 0.1) is 10.7 Å². The van der Waals surface area contributed by atoms with Crippen LogP contribution in [-0.2, 0) is 11.3 Å². The number of nitrogens with one attached hydrogen (secondary N) is 1. The second-order valence-electron chi connectivity index (χ2n) is 6.01. The lowest BCUT2D eigenvalue weighted by Crippen LogP contribution is -2.52. The average Bonchev–Trinajstić information content (AvgIpc) is 2.64. The summed E-state index contributed by atoms with van der Waals surface area (Å²) in [4.78, 5) is 26.9. The van der Waals surface area contributed by atoms with Gasteiger partial charge in [-0.05, 0) is 42.7 Å². The summed E-state index contributed by atoms with van der Waals surface area (Å²) in [6.45, 7) is 1.02. The van der Waals surface area contributed by atoms with E-state index in [-0.39, 0.29) is 24.2 Å². The summed E-state index contributed by atoms with van der Waals surface area (Å²) in [6, 6.07) is 13.8. The molecular weight excluding hydrogens is 373 g/mol. The van der Waals surface area contributed by atoms with E-state index in [1.54, 1.807) is 23.1 Å². The highest BCUT2D eigenvalue weighted by atomic mass is 35.5. The number of anilines is 1. The first-order valence-corrected chi connectivity index (χ1v) is 8.63. The lowest BCUT2D eigenvalue weighted by Gasteiger charge is -2.33. The minimum absolute atomic E-state index is 0. The minimum Gasteiger partial charge on any atom is -0.340 e. The number of para-hydroxylation sites is 1. The van der Waals surface area contributed by atoms with Gasteiger partial charge in [-0.15, -0.1) is 12.4 Å². The largest absolute Gasteiger partial charge is 0.340 e. The van der Waals surface area contributed by atoms with Crippen molar-refractivity contribution in [2.45, 2.75) is 25.4 Å². The molecule has 1 aliphatic rings. The Bertz CT molecular complexity index is 781. The van der Waals surface area contributed by atoms with Crippen molar-refractivity contribution in [3.05, 3.63) is 64.7 Å². The number of halogens is 2. The van der Waals surface area contributed by atoms with Crippen LogP contribution in [0.1, 0.15) is 28.8 Å². The summed E-state index contributed by atoms with van der Waals surface area (Å²) < 4.78 is 0. The molecule has 0 aromatic heterocycles. The second kappa shape index (κ2) is 9.03. The molecule has 1 heterocycles. The Balaban J connectivity index is 0.00000243. The molecule has 2 aromatic rings. The van der Waals surface area contributed by atoms with Crippen LogP contribution in [0.3, 0.4) is 0 Å². The number of rotatable bonds is 4. The van der Waals surface area contributed by atoms with Gasteiger partial charge in [-0.2, -0.15) is 0 Å². The van der Waals surface area contributed by atoms with Gasteiger partial charge >= 0.3 is 0 Å². The van der Waals surface area contributed by atoms with Crippen LogP contribution in [0.5, 0.6) is 0 Å². The maximum Gasteiger partial charge on any atom is 0.251 e. The van der Waals surface area contributed by atoms with Crippen molar-refractivity contribution < 1.29 is 9.59 Å². The zero-order valence-corrected chi connectivity index (χ0v) is 15.7. The quantitative estimate of drug-likeness (QED) is 0.837. The van der Waals surface area contributed by atoms with Crippen molar-refractivity contribution in [1.29, 1.82) is 0 Å². The molecule has 5 nitrogen and oxygen atoms in total.